The van der Waals surface area contributed by atoms with Crippen molar-refractivity contribution in [3.8, 4) is 5.69 Å². The van der Waals surface area contributed by atoms with E-state index in [0.29, 0.717) is 10.9 Å². The van der Waals surface area contributed by atoms with E-state index in [4.69, 9.17) is 0 Å². The number of carbonyl (C=O) groups excluding carboxylic acids is 1. The second-order valence-corrected chi connectivity index (χ2v) is 5.87. The number of rotatable bonds is 4. The first kappa shape index (κ1) is 14.1. The van der Waals surface area contributed by atoms with Gasteiger partial charge in [-0.1, -0.05) is 11.8 Å². The molecule has 0 N–H and O–H groups in total. The van der Waals surface area contributed by atoms with Gasteiger partial charge in [-0.15, -0.1) is 10.2 Å². The second kappa shape index (κ2) is 6.71. The van der Waals surface area contributed by atoms with Gasteiger partial charge in [-0.25, -0.2) is 0 Å². The molecule has 0 aliphatic carbocycles. The Balaban J connectivity index is 1.63. The molecule has 6 nitrogen and oxygen atoms in total. The Kier molecular flexibility index (Phi) is 4.49. The summed E-state index contributed by atoms with van der Waals surface area (Å²) in [6.45, 7) is 1.77. The highest BCUT2D eigenvalue weighted by molar-refractivity contribution is 7.99. The highest BCUT2D eigenvalue weighted by atomic mass is 32.2. The molecule has 2 aromatic heterocycles. The van der Waals surface area contributed by atoms with Crippen molar-refractivity contribution in [2.45, 2.75) is 24.4 Å². The van der Waals surface area contributed by atoms with Gasteiger partial charge in [0.1, 0.15) is 6.33 Å². The van der Waals surface area contributed by atoms with Crippen LogP contribution in [0.2, 0.25) is 0 Å². The molecule has 0 atom stereocenters. The summed E-state index contributed by atoms with van der Waals surface area (Å²) in [5, 5.41) is 8.73. The van der Waals surface area contributed by atoms with Crippen molar-refractivity contribution in [1.29, 1.82) is 0 Å². The Morgan fingerprint density at radius 2 is 2.14 bits per heavy atom. The zero-order valence-corrected chi connectivity index (χ0v) is 12.5. The number of aromatic nitrogens is 4. The lowest BCUT2D eigenvalue weighted by atomic mass is 10.1. The van der Waals surface area contributed by atoms with Crippen LogP contribution in [0, 0.1) is 0 Å². The Hall–Kier alpha value is -1.89. The first-order valence-corrected chi connectivity index (χ1v) is 8.04. The van der Waals surface area contributed by atoms with Gasteiger partial charge in [-0.2, -0.15) is 0 Å². The van der Waals surface area contributed by atoms with Gasteiger partial charge in [0.2, 0.25) is 5.91 Å². The molecule has 110 valence electrons. The standard InChI is InChI=1S/C14H17N5OS/c20-13(18-7-2-1-3-8-18)10-21-14-17-16-11-19(14)12-5-4-6-15-9-12/h4-6,9,11H,1-3,7-8,10H2. The van der Waals surface area contributed by atoms with E-state index in [1.54, 1.807) is 18.7 Å². The smallest absolute Gasteiger partial charge is 0.233 e. The average Bonchev–Trinajstić information content (AvgIpc) is 3.03. The first-order chi connectivity index (χ1) is 10.3. The summed E-state index contributed by atoms with van der Waals surface area (Å²) in [6.07, 6.45) is 8.57. The molecule has 1 fully saturated rings. The summed E-state index contributed by atoms with van der Waals surface area (Å²) in [7, 11) is 0. The number of thioether (sulfide) groups is 1. The van der Waals surface area contributed by atoms with Crippen LogP contribution < -0.4 is 0 Å². The average molecular weight is 303 g/mol. The minimum atomic E-state index is 0.181. The van der Waals surface area contributed by atoms with Crippen molar-refractivity contribution in [1.82, 2.24) is 24.6 Å². The maximum Gasteiger partial charge on any atom is 0.233 e. The molecule has 0 unspecified atom stereocenters. The molecule has 0 spiro atoms. The lowest BCUT2D eigenvalue weighted by Gasteiger charge is -2.26. The maximum absolute atomic E-state index is 12.2. The van der Waals surface area contributed by atoms with Gasteiger partial charge >= 0.3 is 0 Å². The normalized spacial score (nSPS) is 15.1. The fourth-order valence-electron chi connectivity index (χ4n) is 2.36. The van der Waals surface area contributed by atoms with Gasteiger partial charge < -0.3 is 4.90 Å². The largest absolute Gasteiger partial charge is 0.342 e. The van der Waals surface area contributed by atoms with Crippen molar-refractivity contribution in [3.63, 3.8) is 0 Å². The van der Waals surface area contributed by atoms with Gasteiger partial charge in [0.15, 0.2) is 5.16 Å². The third kappa shape index (κ3) is 3.41. The monoisotopic (exact) mass is 303 g/mol. The van der Waals surface area contributed by atoms with Crippen LogP contribution in [0.25, 0.3) is 5.69 Å². The molecule has 3 rings (SSSR count). The van der Waals surface area contributed by atoms with Gasteiger partial charge in [0.05, 0.1) is 17.6 Å². The van der Waals surface area contributed by atoms with Crippen molar-refractivity contribution in [2.24, 2.45) is 0 Å². The van der Waals surface area contributed by atoms with Crippen LogP contribution in [0.1, 0.15) is 19.3 Å². The molecule has 0 bridgehead atoms. The zero-order valence-electron chi connectivity index (χ0n) is 11.7. The Morgan fingerprint density at radius 3 is 2.90 bits per heavy atom. The van der Waals surface area contributed by atoms with Crippen LogP contribution in [0.5, 0.6) is 0 Å². The zero-order chi connectivity index (χ0) is 14.5. The van der Waals surface area contributed by atoms with Gasteiger partial charge in [-0.3, -0.25) is 14.3 Å². The predicted octanol–water partition coefficient (Wildman–Crippen LogP) is 1.77. The van der Waals surface area contributed by atoms with Crippen molar-refractivity contribution in [3.05, 3.63) is 30.9 Å². The van der Waals surface area contributed by atoms with Gasteiger partial charge in [0, 0.05) is 19.3 Å². The van der Waals surface area contributed by atoms with Crippen LogP contribution in [0.4, 0.5) is 0 Å². The fourth-order valence-corrected chi connectivity index (χ4v) is 3.19. The molecule has 21 heavy (non-hydrogen) atoms. The summed E-state index contributed by atoms with van der Waals surface area (Å²) in [5.74, 6) is 0.583. The minimum absolute atomic E-state index is 0.181. The highest BCUT2D eigenvalue weighted by Crippen LogP contribution is 2.20. The SMILES string of the molecule is O=C(CSc1nncn1-c1cccnc1)N1CCCCC1. The van der Waals surface area contributed by atoms with E-state index >= 15 is 0 Å². The van der Waals surface area contributed by atoms with Crippen LogP contribution in [0.3, 0.4) is 0 Å². The lowest BCUT2D eigenvalue weighted by molar-refractivity contribution is -0.129. The topological polar surface area (TPSA) is 63.9 Å². The van der Waals surface area contributed by atoms with Crippen LogP contribution in [-0.2, 0) is 4.79 Å². The third-order valence-electron chi connectivity index (χ3n) is 3.47. The van der Waals surface area contributed by atoms with Crippen LogP contribution >= 0.6 is 11.8 Å². The van der Waals surface area contributed by atoms with Crippen molar-refractivity contribution in [2.75, 3.05) is 18.8 Å². The maximum atomic E-state index is 12.2. The Labute approximate surface area is 127 Å². The summed E-state index contributed by atoms with van der Waals surface area (Å²) < 4.78 is 1.85. The molecule has 1 aliphatic rings. The third-order valence-corrected chi connectivity index (χ3v) is 4.40. The van der Waals surface area contributed by atoms with E-state index in [1.165, 1.54) is 18.2 Å². The Bertz CT molecular complexity index is 594. The number of pyridine rings is 1. The van der Waals surface area contributed by atoms with Crippen molar-refractivity contribution >= 4 is 17.7 Å². The molecular formula is C14H17N5OS. The van der Waals surface area contributed by atoms with E-state index in [-0.39, 0.29) is 5.91 Å². The summed E-state index contributed by atoms with van der Waals surface area (Å²) in [5.41, 5.74) is 0.899. The Morgan fingerprint density at radius 1 is 1.29 bits per heavy atom. The minimum Gasteiger partial charge on any atom is -0.342 e. The van der Waals surface area contributed by atoms with Gasteiger partial charge in [-0.05, 0) is 31.4 Å². The molecule has 1 amide bonds. The van der Waals surface area contributed by atoms with E-state index in [0.717, 1.165) is 31.6 Å². The number of likely N-dealkylation sites (tertiary alicyclic amines) is 1. The number of amides is 1. The van der Waals surface area contributed by atoms with Gasteiger partial charge in [0.25, 0.3) is 0 Å². The second-order valence-electron chi connectivity index (χ2n) is 4.92. The molecular weight excluding hydrogens is 286 g/mol. The molecule has 0 radical (unpaired) electrons. The van der Waals surface area contributed by atoms with Crippen LogP contribution in [-0.4, -0.2) is 49.4 Å². The molecule has 2 aromatic rings. The number of hydrogen-bond acceptors (Lipinski definition) is 5. The molecule has 7 heteroatoms. The quantitative estimate of drug-likeness (QED) is 0.805. The summed E-state index contributed by atoms with van der Waals surface area (Å²) in [6, 6.07) is 3.80. The van der Waals surface area contributed by atoms with Crippen molar-refractivity contribution < 1.29 is 4.79 Å². The molecule has 0 aromatic carbocycles. The fraction of sp³-hybridized carbons (Fsp3) is 0.429. The van der Waals surface area contributed by atoms with Crippen LogP contribution in [0.15, 0.2) is 36.0 Å². The first-order valence-electron chi connectivity index (χ1n) is 7.05. The number of nitrogens with zero attached hydrogens (tertiary/aromatic N) is 5. The van der Waals surface area contributed by atoms with E-state index in [2.05, 4.69) is 15.2 Å². The summed E-state index contributed by atoms with van der Waals surface area (Å²) >= 11 is 1.42. The molecule has 3 heterocycles. The van der Waals surface area contributed by atoms with E-state index in [9.17, 15) is 4.79 Å². The molecule has 0 saturated carbocycles. The van der Waals surface area contributed by atoms with E-state index < -0.39 is 0 Å². The number of carbonyl (C=O) groups is 1. The molecule has 1 aliphatic heterocycles. The predicted molar refractivity (Wildman–Crippen MR) is 80.3 cm³/mol. The number of piperidine rings is 1. The molecule has 1 saturated heterocycles. The van der Waals surface area contributed by atoms with E-state index in [1.807, 2.05) is 21.6 Å². The number of hydrogen-bond donors (Lipinski definition) is 0. The summed E-state index contributed by atoms with van der Waals surface area (Å²) in [4.78, 5) is 18.2. The lowest BCUT2D eigenvalue weighted by Crippen LogP contribution is -2.36. The highest BCUT2D eigenvalue weighted by Gasteiger charge is 2.17.